The van der Waals surface area contributed by atoms with E-state index in [9.17, 15) is 0 Å². The molecule has 0 saturated heterocycles. The van der Waals surface area contributed by atoms with Crippen molar-refractivity contribution in [2.45, 2.75) is 39.0 Å². The molecule has 2 heteroatoms. The van der Waals surface area contributed by atoms with Crippen molar-refractivity contribution in [1.82, 2.24) is 0 Å². The van der Waals surface area contributed by atoms with Crippen LogP contribution in [0.4, 0.5) is 0 Å². The van der Waals surface area contributed by atoms with Gasteiger partial charge in [0.15, 0.2) is 0 Å². The molecule has 0 bridgehead atoms. The van der Waals surface area contributed by atoms with Gasteiger partial charge in [-0.25, -0.2) is 0 Å². The van der Waals surface area contributed by atoms with E-state index in [-0.39, 0.29) is 6.04 Å². The van der Waals surface area contributed by atoms with E-state index in [2.05, 4.69) is 63.2 Å². The van der Waals surface area contributed by atoms with Crippen LogP contribution in [0.2, 0.25) is 0 Å². The Morgan fingerprint density at radius 3 is 2.14 bits per heavy atom. The third-order valence-corrected chi connectivity index (χ3v) is 4.80. The Labute approximate surface area is 133 Å². The molecule has 0 saturated carbocycles. The molecule has 1 unspecified atom stereocenters. The minimum absolute atomic E-state index is 0.117. The van der Waals surface area contributed by atoms with Gasteiger partial charge in [-0.1, -0.05) is 60.5 Å². The fraction of sp³-hybridized carbons (Fsp3) is 0.368. The number of rotatable bonds is 6. The molecule has 2 rings (SSSR count). The number of benzene rings is 2. The highest BCUT2D eigenvalue weighted by Crippen LogP contribution is 2.21. The summed E-state index contributed by atoms with van der Waals surface area (Å²) in [7, 11) is 0. The fourth-order valence-corrected chi connectivity index (χ4v) is 3.52. The maximum Gasteiger partial charge on any atom is 0.0386 e. The summed E-state index contributed by atoms with van der Waals surface area (Å²) in [4.78, 5) is 0. The summed E-state index contributed by atoms with van der Waals surface area (Å²) in [6.45, 7) is 6.49. The van der Waals surface area contributed by atoms with Crippen LogP contribution in [-0.2, 0) is 12.2 Å². The second-order valence-electron chi connectivity index (χ2n) is 5.71. The second-order valence-corrected chi connectivity index (χ2v) is 6.74. The molecule has 0 aliphatic heterocycles. The maximum absolute atomic E-state index is 6.29. The zero-order valence-corrected chi connectivity index (χ0v) is 14.0. The first-order valence-electron chi connectivity index (χ1n) is 7.58. The van der Waals surface area contributed by atoms with Crippen molar-refractivity contribution in [3.05, 3.63) is 70.3 Å². The van der Waals surface area contributed by atoms with Crippen molar-refractivity contribution < 1.29 is 0 Å². The zero-order valence-electron chi connectivity index (χ0n) is 13.2. The predicted molar refractivity (Wildman–Crippen MR) is 94.8 cm³/mol. The van der Waals surface area contributed by atoms with Gasteiger partial charge in [-0.15, -0.1) is 0 Å². The molecule has 0 aromatic heterocycles. The van der Waals surface area contributed by atoms with Crippen molar-refractivity contribution in [1.29, 1.82) is 0 Å². The molecule has 0 fully saturated rings. The van der Waals surface area contributed by atoms with E-state index in [4.69, 9.17) is 5.73 Å². The lowest BCUT2D eigenvalue weighted by atomic mass is 10.1. The van der Waals surface area contributed by atoms with Crippen LogP contribution in [0, 0.1) is 13.8 Å². The lowest BCUT2D eigenvalue weighted by Gasteiger charge is -2.13. The highest BCUT2D eigenvalue weighted by Gasteiger charge is 2.06. The second kappa shape index (κ2) is 7.67. The highest BCUT2D eigenvalue weighted by molar-refractivity contribution is 7.98. The molecule has 0 aliphatic carbocycles. The highest BCUT2D eigenvalue weighted by atomic mass is 32.2. The monoisotopic (exact) mass is 299 g/mol. The molecule has 0 amide bonds. The Bertz CT molecular complexity index is 554. The fourth-order valence-electron chi connectivity index (χ4n) is 2.55. The Kier molecular flexibility index (Phi) is 5.89. The van der Waals surface area contributed by atoms with Gasteiger partial charge in [0.1, 0.15) is 0 Å². The molecule has 0 spiro atoms. The predicted octanol–water partition coefficient (Wildman–Crippen LogP) is 4.80. The first-order chi connectivity index (χ1) is 10.1. The summed E-state index contributed by atoms with van der Waals surface area (Å²) in [5, 5.41) is 0. The summed E-state index contributed by atoms with van der Waals surface area (Å²) in [6, 6.07) is 15.6. The van der Waals surface area contributed by atoms with Gasteiger partial charge in [-0.05, 0) is 37.0 Å². The van der Waals surface area contributed by atoms with Crippen LogP contribution in [0.5, 0.6) is 0 Å². The first kappa shape index (κ1) is 16.1. The number of hydrogen-bond acceptors (Lipinski definition) is 2. The number of nitrogens with two attached hydrogens (primary N) is 1. The van der Waals surface area contributed by atoms with E-state index >= 15 is 0 Å². The van der Waals surface area contributed by atoms with Gasteiger partial charge in [0, 0.05) is 17.5 Å². The molecule has 0 heterocycles. The third-order valence-electron chi connectivity index (χ3n) is 3.66. The average molecular weight is 299 g/mol. The van der Waals surface area contributed by atoms with E-state index in [1.54, 1.807) is 0 Å². The van der Waals surface area contributed by atoms with Crippen LogP contribution in [0.1, 0.15) is 40.8 Å². The number of aryl methyl sites for hydroxylation is 3. The lowest BCUT2D eigenvalue weighted by molar-refractivity contribution is 0.830. The van der Waals surface area contributed by atoms with Gasteiger partial charge in [0.25, 0.3) is 0 Å². The summed E-state index contributed by atoms with van der Waals surface area (Å²) >= 11 is 1.91. The van der Waals surface area contributed by atoms with E-state index in [0.717, 1.165) is 17.9 Å². The van der Waals surface area contributed by atoms with E-state index < -0.39 is 0 Å². The van der Waals surface area contributed by atoms with E-state index in [1.807, 2.05) is 11.8 Å². The van der Waals surface area contributed by atoms with Crippen molar-refractivity contribution in [2.75, 3.05) is 5.75 Å². The molecule has 0 radical (unpaired) electrons. The van der Waals surface area contributed by atoms with Gasteiger partial charge in [0.05, 0.1) is 0 Å². The molecule has 112 valence electrons. The van der Waals surface area contributed by atoms with Crippen molar-refractivity contribution in [2.24, 2.45) is 5.73 Å². The topological polar surface area (TPSA) is 26.0 Å². The van der Waals surface area contributed by atoms with Crippen LogP contribution in [0.15, 0.2) is 42.5 Å². The van der Waals surface area contributed by atoms with Gasteiger partial charge in [-0.2, -0.15) is 11.8 Å². The molecular formula is C19H25NS. The minimum Gasteiger partial charge on any atom is -0.323 e. The van der Waals surface area contributed by atoms with Crippen LogP contribution in [-0.4, -0.2) is 5.75 Å². The summed E-state index contributed by atoms with van der Waals surface area (Å²) in [5.41, 5.74) is 13.0. The number of hydrogen-bond donors (Lipinski definition) is 1. The molecule has 2 aromatic carbocycles. The quantitative estimate of drug-likeness (QED) is 0.829. The Balaban J connectivity index is 1.87. The Hall–Kier alpha value is -1.25. The zero-order chi connectivity index (χ0) is 15.2. The summed E-state index contributed by atoms with van der Waals surface area (Å²) in [5.74, 6) is 1.99. The van der Waals surface area contributed by atoms with Crippen LogP contribution in [0.3, 0.4) is 0 Å². The SMILES string of the molecule is CCc1ccc(C(N)CSCc2cc(C)cc(C)c2)cc1. The summed E-state index contributed by atoms with van der Waals surface area (Å²) in [6.07, 6.45) is 1.08. The number of thioether (sulfide) groups is 1. The van der Waals surface area contributed by atoms with Crippen molar-refractivity contribution in [3.63, 3.8) is 0 Å². The van der Waals surface area contributed by atoms with Crippen LogP contribution >= 0.6 is 11.8 Å². The molecular weight excluding hydrogens is 274 g/mol. The Morgan fingerprint density at radius 1 is 0.952 bits per heavy atom. The smallest absolute Gasteiger partial charge is 0.0386 e. The molecule has 2 aromatic rings. The largest absolute Gasteiger partial charge is 0.323 e. The molecule has 0 aliphatic rings. The van der Waals surface area contributed by atoms with E-state index in [0.29, 0.717) is 0 Å². The van der Waals surface area contributed by atoms with Crippen LogP contribution in [0.25, 0.3) is 0 Å². The molecule has 21 heavy (non-hydrogen) atoms. The Morgan fingerprint density at radius 2 is 1.57 bits per heavy atom. The molecule has 1 atom stereocenters. The molecule has 1 nitrogen and oxygen atoms in total. The van der Waals surface area contributed by atoms with E-state index in [1.165, 1.54) is 27.8 Å². The van der Waals surface area contributed by atoms with Crippen LogP contribution < -0.4 is 5.73 Å². The normalized spacial score (nSPS) is 12.4. The first-order valence-corrected chi connectivity index (χ1v) is 8.73. The van der Waals surface area contributed by atoms with Crippen molar-refractivity contribution in [3.8, 4) is 0 Å². The third kappa shape index (κ3) is 4.90. The summed E-state index contributed by atoms with van der Waals surface area (Å²) < 4.78 is 0. The average Bonchev–Trinajstić information content (AvgIpc) is 2.46. The van der Waals surface area contributed by atoms with Gasteiger partial charge < -0.3 is 5.73 Å². The van der Waals surface area contributed by atoms with Gasteiger partial charge in [-0.3, -0.25) is 0 Å². The maximum atomic E-state index is 6.29. The van der Waals surface area contributed by atoms with Gasteiger partial charge in [0.2, 0.25) is 0 Å². The molecule has 2 N–H and O–H groups in total. The van der Waals surface area contributed by atoms with Crippen molar-refractivity contribution >= 4 is 11.8 Å². The van der Waals surface area contributed by atoms with Gasteiger partial charge >= 0.3 is 0 Å². The minimum atomic E-state index is 0.117. The standard InChI is InChI=1S/C19H25NS/c1-4-16-5-7-18(8-6-16)19(20)13-21-12-17-10-14(2)9-15(3)11-17/h5-11,19H,4,12-13,20H2,1-3H3. The lowest BCUT2D eigenvalue weighted by Crippen LogP contribution is -2.13.